The fourth-order valence-electron chi connectivity index (χ4n) is 3.55. The van der Waals surface area contributed by atoms with Crippen molar-refractivity contribution in [2.75, 3.05) is 5.32 Å². The van der Waals surface area contributed by atoms with Gasteiger partial charge in [-0.25, -0.2) is 9.97 Å². The van der Waals surface area contributed by atoms with Gasteiger partial charge in [0.05, 0.1) is 17.6 Å². The third-order valence-corrected chi connectivity index (χ3v) is 5.00. The van der Waals surface area contributed by atoms with E-state index in [1.54, 1.807) is 11.0 Å². The van der Waals surface area contributed by atoms with Gasteiger partial charge in [0, 0.05) is 7.05 Å². The molecular formula is C18H21N5. The van der Waals surface area contributed by atoms with E-state index in [-0.39, 0.29) is 11.5 Å². The highest BCUT2D eigenvalue weighted by atomic mass is 15.3. The number of anilines is 1. The molecule has 1 aliphatic rings. The van der Waals surface area contributed by atoms with Crippen molar-refractivity contribution >= 4 is 16.9 Å². The van der Waals surface area contributed by atoms with Gasteiger partial charge in [-0.3, -0.25) is 4.68 Å². The Kier molecular flexibility index (Phi) is 3.11. The Labute approximate surface area is 135 Å². The van der Waals surface area contributed by atoms with Crippen LogP contribution in [0.1, 0.15) is 37.4 Å². The molecule has 0 fully saturated rings. The molecule has 0 unspecified atom stereocenters. The standard InChI is InChI=1S/C18H21N5/c1-18(2)9-8-12-6-4-5-7-13(12)15(18)22-16-14-10-21-23(3)17(14)20-11-19-16/h4-7,10-11,15H,8-9H2,1-3H3,(H,19,20,22)/t15-/m1/s1. The molecule has 3 aromatic rings. The summed E-state index contributed by atoms with van der Waals surface area (Å²) in [6.45, 7) is 4.64. The number of rotatable bonds is 2. The smallest absolute Gasteiger partial charge is 0.163 e. The Bertz CT molecular complexity index is 865. The number of nitrogens with zero attached hydrogens (tertiary/aromatic N) is 4. The molecule has 1 aliphatic carbocycles. The molecule has 1 N–H and O–H groups in total. The van der Waals surface area contributed by atoms with Gasteiger partial charge in [-0.15, -0.1) is 0 Å². The van der Waals surface area contributed by atoms with E-state index in [2.05, 4.69) is 58.5 Å². The zero-order chi connectivity index (χ0) is 16.0. The van der Waals surface area contributed by atoms with Crippen LogP contribution in [0.5, 0.6) is 0 Å². The summed E-state index contributed by atoms with van der Waals surface area (Å²) < 4.78 is 1.78. The first-order valence-corrected chi connectivity index (χ1v) is 8.03. The number of hydrogen-bond acceptors (Lipinski definition) is 4. The second-order valence-electron chi connectivity index (χ2n) is 6.99. The molecule has 1 atom stereocenters. The van der Waals surface area contributed by atoms with Crippen molar-refractivity contribution in [1.82, 2.24) is 19.7 Å². The maximum absolute atomic E-state index is 4.48. The first kappa shape index (κ1) is 14.2. The summed E-state index contributed by atoms with van der Waals surface area (Å²) in [5, 5.41) is 8.95. The molecule has 0 radical (unpaired) electrons. The Balaban J connectivity index is 1.80. The summed E-state index contributed by atoms with van der Waals surface area (Å²) in [4.78, 5) is 8.80. The van der Waals surface area contributed by atoms with E-state index in [1.165, 1.54) is 11.1 Å². The Morgan fingerprint density at radius 1 is 1.22 bits per heavy atom. The molecule has 2 heterocycles. The molecule has 5 nitrogen and oxygen atoms in total. The highest BCUT2D eigenvalue weighted by Gasteiger charge is 2.36. The lowest BCUT2D eigenvalue weighted by molar-refractivity contribution is 0.265. The van der Waals surface area contributed by atoms with Gasteiger partial charge >= 0.3 is 0 Å². The molecule has 4 rings (SSSR count). The van der Waals surface area contributed by atoms with Gasteiger partial charge in [0.15, 0.2) is 5.65 Å². The van der Waals surface area contributed by atoms with E-state index in [0.717, 1.165) is 29.7 Å². The summed E-state index contributed by atoms with van der Waals surface area (Å²) in [7, 11) is 1.90. The molecule has 1 aromatic carbocycles. The monoisotopic (exact) mass is 307 g/mol. The van der Waals surface area contributed by atoms with E-state index in [1.807, 2.05) is 13.2 Å². The van der Waals surface area contributed by atoms with Crippen LogP contribution in [-0.2, 0) is 13.5 Å². The van der Waals surface area contributed by atoms with Crippen molar-refractivity contribution in [2.24, 2.45) is 12.5 Å². The van der Waals surface area contributed by atoms with Crippen molar-refractivity contribution in [3.8, 4) is 0 Å². The van der Waals surface area contributed by atoms with E-state index in [9.17, 15) is 0 Å². The topological polar surface area (TPSA) is 55.6 Å². The van der Waals surface area contributed by atoms with E-state index in [0.29, 0.717) is 0 Å². The maximum atomic E-state index is 4.48. The minimum atomic E-state index is 0.161. The summed E-state index contributed by atoms with van der Waals surface area (Å²) in [6, 6.07) is 8.94. The number of aromatic nitrogens is 4. The zero-order valence-electron chi connectivity index (χ0n) is 13.7. The van der Waals surface area contributed by atoms with Gasteiger partial charge in [-0.05, 0) is 29.4 Å². The second-order valence-corrected chi connectivity index (χ2v) is 6.99. The van der Waals surface area contributed by atoms with Crippen LogP contribution < -0.4 is 5.32 Å². The molecule has 5 heteroatoms. The molecule has 0 bridgehead atoms. The van der Waals surface area contributed by atoms with Crippen LogP contribution in [0.3, 0.4) is 0 Å². The lowest BCUT2D eigenvalue weighted by Gasteiger charge is -2.40. The molecule has 0 spiro atoms. The van der Waals surface area contributed by atoms with Crippen LogP contribution in [-0.4, -0.2) is 19.7 Å². The zero-order valence-corrected chi connectivity index (χ0v) is 13.7. The van der Waals surface area contributed by atoms with Crippen LogP contribution in [0.4, 0.5) is 5.82 Å². The van der Waals surface area contributed by atoms with E-state index >= 15 is 0 Å². The summed E-state index contributed by atoms with van der Waals surface area (Å²) in [6.07, 6.45) is 5.73. The van der Waals surface area contributed by atoms with Gasteiger partial charge in [0.2, 0.25) is 0 Å². The molecular weight excluding hydrogens is 286 g/mol. The normalized spacial score (nSPS) is 19.5. The maximum Gasteiger partial charge on any atom is 0.163 e. The number of hydrogen-bond donors (Lipinski definition) is 1. The third-order valence-electron chi connectivity index (χ3n) is 5.00. The Hall–Kier alpha value is -2.43. The molecule has 23 heavy (non-hydrogen) atoms. The third kappa shape index (κ3) is 2.27. The van der Waals surface area contributed by atoms with Crippen molar-refractivity contribution in [2.45, 2.75) is 32.7 Å². The molecule has 118 valence electrons. The van der Waals surface area contributed by atoms with Crippen molar-refractivity contribution in [3.05, 3.63) is 47.9 Å². The Morgan fingerprint density at radius 3 is 2.91 bits per heavy atom. The van der Waals surface area contributed by atoms with Gasteiger partial charge < -0.3 is 5.32 Å². The van der Waals surface area contributed by atoms with Crippen molar-refractivity contribution < 1.29 is 0 Å². The lowest BCUT2D eigenvalue weighted by Crippen LogP contribution is -2.33. The number of benzene rings is 1. The van der Waals surface area contributed by atoms with Crippen molar-refractivity contribution in [1.29, 1.82) is 0 Å². The fraction of sp³-hybridized carbons (Fsp3) is 0.389. The first-order chi connectivity index (χ1) is 11.1. The van der Waals surface area contributed by atoms with Crippen LogP contribution in [0.15, 0.2) is 36.8 Å². The van der Waals surface area contributed by atoms with E-state index in [4.69, 9.17) is 0 Å². The minimum absolute atomic E-state index is 0.161. The van der Waals surface area contributed by atoms with Gasteiger partial charge in [0.25, 0.3) is 0 Å². The van der Waals surface area contributed by atoms with Gasteiger partial charge in [0.1, 0.15) is 12.1 Å². The Morgan fingerprint density at radius 2 is 2.04 bits per heavy atom. The summed E-state index contributed by atoms with van der Waals surface area (Å²) >= 11 is 0. The number of fused-ring (bicyclic) bond motifs is 2. The molecule has 2 aromatic heterocycles. The summed E-state index contributed by atoms with van der Waals surface area (Å²) in [5.74, 6) is 0.859. The second kappa shape index (κ2) is 5.05. The van der Waals surface area contributed by atoms with Crippen molar-refractivity contribution in [3.63, 3.8) is 0 Å². The lowest BCUT2D eigenvalue weighted by atomic mass is 9.70. The molecule has 0 amide bonds. The summed E-state index contributed by atoms with van der Waals surface area (Å²) in [5.41, 5.74) is 3.82. The predicted octanol–water partition coefficient (Wildman–Crippen LogP) is 3.49. The van der Waals surface area contributed by atoms with Crippen LogP contribution in [0.2, 0.25) is 0 Å². The first-order valence-electron chi connectivity index (χ1n) is 8.03. The number of aryl methyl sites for hydroxylation is 2. The van der Waals surface area contributed by atoms with Crippen LogP contribution in [0.25, 0.3) is 11.0 Å². The molecule has 0 saturated heterocycles. The van der Waals surface area contributed by atoms with Gasteiger partial charge in [-0.1, -0.05) is 38.1 Å². The number of nitrogens with one attached hydrogen (secondary N) is 1. The predicted molar refractivity (Wildman–Crippen MR) is 91.2 cm³/mol. The highest BCUT2D eigenvalue weighted by molar-refractivity contribution is 5.86. The highest BCUT2D eigenvalue weighted by Crippen LogP contribution is 2.45. The molecule has 0 aliphatic heterocycles. The largest absolute Gasteiger partial charge is 0.362 e. The SMILES string of the molecule is Cn1ncc2c(N[C@@H]3c4ccccc4CCC3(C)C)ncnc21. The van der Waals surface area contributed by atoms with Crippen LogP contribution in [0, 0.1) is 5.41 Å². The average Bonchev–Trinajstić information content (AvgIpc) is 2.93. The quantitative estimate of drug-likeness (QED) is 0.787. The fourth-order valence-corrected chi connectivity index (χ4v) is 3.55. The van der Waals surface area contributed by atoms with Gasteiger partial charge in [-0.2, -0.15) is 5.10 Å². The molecule has 0 saturated carbocycles. The van der Waals surface area contributed by atoms with Crippen LogP contribution >= 0.6 is 0 Å². The minimum Gasteiger partial charge on any atom is -0.362 e. The average molecular weight is 307 g/mol. The van der Waals surface area contributed by atoms with E-state index < -0.39 is 0 Å².